The van der Waals surface area contributed by atoms with E-state index in [0.717, 1.165) is 5.65 Å². The van der Waals surface area contributed by atoms with Crippen LogP contribution >= 0.6 is 24.8 Å². The number of amides is 1. The maximum Gasteiger partial charge on any atom is 0.253 e. The van der Waals surface area contributed by atoms with Crippen molar-refractivity contribution in [2.24, 2.45) is 11.7 Å². The molecule has 1 unspecified atom stereocenters. The van der Waals surface area contributed by atoms with Gasteiger partial charge in [0.1, 0.15) is 5.65 Å². The van der Waals surface area contributed by atoms with E-state index in [4.69, 9.17) is 5.73 Å². The lowest BCUT2D eigenvalue weighted by Gasteiger charge is -2.30. The van der Waals surface area contributed by atoms with Gasteiger partial charge in [-0.3, -0.25) is 4.79 Å². The molecule has 1 aliphatic carbocycles. The molecule has 2 heterocycles. The molecule has 3 rings (SSSR count). The standard InChI is InChI=1S/C16H22N4O.2ClH/c17-10-14(12-4-2-1-3-5-12)19-16(21)13-6-7-15-18-8-9-20(15)11-13;;/h6-9,11-12,14H,1-5,10,17H2,(H,19,21);2*1H. The molecule has 23 heavy (non-hydrogen) atoms. The van der Waals surface area contributed by atoms with Crippen LogP contribution in [-0.4, -0.2) is 27.9 Å². The highest BCUT2D eigenvalue weighted by Gasteiger charge is 2.24. The predicted molar refractivity (Wildman–Crippen MR) is 96.6 cm³/mol. The van der Waals surface area contributed by atoms with E-state index in [1.165, 1.54) is 32.1 Å². The van der Waals surface area contributed by atoms with E-state index in [2.05, 4.69) is 10.3 Å². The van der Waals surface area contributed by atoms with Gasteiger partial charge in [-0.25, -0.2) is 4.98 Å². The molecule has 5 nitrogen and oxygen atoms in total. The zero-order valence-corrected chi connectivity index (χ0v) is 14.6. The average Bonchev–Trinajstić information content (AvgIpc) is 3.00. The van der Waals surface area contributed by atoms with Gasteiger partial charge in [-0.1, -0.05) is 19.3 Å². The number of nitrogens with zero attached hydrogens (tertiary/aromatic N) is 2. The Kier molecular flexibility index (Phi) is 7.82. The van der Waals surface area contributed by atoms with E-state index in [9.17, 15) is 4.79 Å². The quantitative estimate of drug-likeness (QED) is 0.882. The Balaban J connectivity index is 0.00000132. The van der Waals surface area contributed by atoms with Crippen molar-refractivity contribution in [3.8, 4) is 0 Å². The summed E-state index contributed by atoms with van der Waals surface area (Å²) in [5.74, 6) is 0.469. The number of hydrogen-bond donors (Lipinski definition) is 2. The fourth-order valence-corrected chi connectivity index (χ4v) is 3.21. The van der Waals surface area contributed by atoms with Crippen molar-refractivity contribution in [2.45, 2.75) is 38.1 Å². The van der Waals surface area contributed by atoms with Crippen LogP contribution in [0.25, 0.3) is 5.65 Å². The Morgan fingerprint density at radius 2 is 2.04 bits per heavy atom. The van der Waals surface area contributed by atoms with Gasteiger partial charge in [-0.15, -0.1) is 24.8 Å². The number of aromatic nitrogens is 2. The maximum absolute atomic E-state index is 12.4. The molecule has 3 N–H and O–H groups in total. The second-order valence-electron chi connectivity index (χ2n) is 5.82. The lowest BCUT2D eigenvalue weighted by molar-refractivity contribution is 0.0915. The van der Waals surface area contributed by atoms with E-state index in [0.29, 0.717) is 18.0 Å². The van der Waals surface area contributed by atoms with Crippen LogP contribution in [0.2, 0.25) is 0 Å². The number of rotatable bonds is 4. The van der Waals surface area contributed by atoms with Gasteiger partial charge in [0.05, 0.1) is 5.56 Å². The number of nitrogens with one attached hydrogen (secondary N) is 1. The van der Waals surface area contributed by atoms with Gasteiger partial charge in [0.25, 0.3) is 5.91 Å². The molecule has 1 saturated carbocycles. The molecule has 128 valence electrons. The summed E-state index contributed by atoms with van der Waals surface area (Å²) in [6.45, 7) is 0.504. The van der Waals surface area contributed by atoms with Crippen LogP contribution in [0.15, 0.2) is 30.7 Å². The van der Waals surface area contributed by atoms with E-state index in [-0.39, 0.29) is 36.8 Å². The van der Waals surface area contributed by atoms with Gasteiger partial charge in [0.2, 0.25) is 0 Å². The molecule has 0 saturated heterocycles. The Morgan fingerprint density at radius 3 is 2.74 bits per heavy atom. The third-order valence-electron chi connectivity index (χ3n) is 4.44. The van der Waals surface area contributed by atoms with Crippen molar-refractivity contribution in [3.63, 3.8) is 0 Å². The van der Waals surface area contributed by atoms with Gasteiger partial charge in [0, 0.05) is 31.2 Å². The number of pyridine rings is 1. The molecule has 2 aromatic rings. The van der Waals surface area contributed by atoms with Gasteiger partial charge >= 0.3 is 0 Å². The number of carbonyl (C=O) groups is 1. The molecule has 0 spiro atoms. The molecule has 0 aliphatic heterocycles. The molecule has 0 radical (unpaired) electrons. The number of halogens is 2. The summed E-state index contributed by atoms with van der Waals surface area (Å²) >= 11 is 0. The van der Waals surface area contributed by atoms with Crippen molar-refractivity contribution in [2.75, 3.05) is 6.54 Å². The minimum absolute atomic E-state index is 0. The predicted octanol–water partition coefficient (Wildman–Crippen LogP) is 2.82. The number of hydrogen-bond acceptors (Lipinski definition) is 3. The Morgan fingerprint density at radius 1 is 1.30 bits per heavy atom. The van der Waals surface area contributed by atoms with Crippen LogP contribution in [0.3, 0.4) is 0 Å². The highest BCUT2D eigenvalue weighted by atomic mass is 35.5. The monoisotopic (exact) mass is 358 g/mol. The van der Waals surface area contributed by atoms with Gasteiger partial charge in [-0.05, 0) is 30.9 Å². The van der Waals surface area contributed by atoms with Crippen molar-refractivity contribution in [3.05, 3.63) is 36.3 Å². The molecule has 0 aromatic carbocycles. The summed E-state index contributed by atoms with van der Waals surface area (Å²) in [5.41, 5.74) is 7.36. The first kappa shape index (κ1) is 19.7. The molecule has 1 amide bonds. The van der Waals surface area contributed by atoms with Crippen molar-refractivity contribution < 1.29 is 4.79 Å². The largest absolute Gasteiger partial charge is 0.348 e. The van der Waals surface area contributed by atoms with E-state index >= 15 is 0 Å². The fraction of sp³-hybridized carbons (Fsp3) is 0.500. The zero-order chi connectivity index (χ0) is 14.7. The summed E-state index contributed by atoms with van der Waals surface area (Å²) < 4.78 is 1.85. The first-order valence-corrected chi connectivity index (χ1v) is 7.71. The van der Waals surface area contributed by atoms with Crippen LogP contribution in [0.1, 0.15) is 42.5 Å². The highest BCUT2D eigenvalue weighted by Crippen LogP contribution is 2.26. The van der Waals surface area contributed by atoms with Crippen LogP contribution in [0, 0.1) is 5.92 Å². The lowest BCUT2D eigenvalue weighted by atomic mass is 9.84. The van der Waals surface area contributed by atoms with E-state index in [1.54, 1.807) is 6.20 Å². The van der Waals surface area contributed by atoms with Crippen LogP contribution in [0.5, 0.6) is 0 Å². The molecule has 1 aliphatic rings. The average molecular weight is 359 g/mol. The van der Waals surface area contributed by atoms with Crippen LogP contribution in [0.4, 0.5) is 0 Å². The third-order valence-corrected chi connectivity index (χ3v) is 4.44. The maximum atomic E-state index is 12.4. The Bertz CT molecular complexity index is 625. The van der Waals surface area contributed by atoms with Crippen LogP contribution < -0.4 is 11.1 Å². The molecule has 2 aromatic heterocycles. The third kappa shape index (κ3) is 4.59. The molecule has 7 heteroatoms. The Hall–Kier alpha value is -1.30. The number of carbonyl (C=O) groups excluding carboxylic acids is 1. The van der Waals surface area contributed by atoms with Crippen molar-refractivity contribution >= 4 is 36.4 Å². The molecular weight excluding hydrogens is 335 g/mol. The summed E-state index contributed by atoms with van der Waals surface area (Å²) in [4.78, 5) is 16.6. The summed E-state index contributed by atoms with van der Waals surface area (Å²) in [7, 11) is 0. The van der Waals surface area contributed by atoms with E-state index < -0.39 is 0 Å². The number of fused-ring (bicyclic) bond motifs is 1. The molecule has 1 atom stereocenters. The number of imidazole rings is 1. The van der Waals surface area contributed by atoms with Gasteiger partial charge in [0.15, 0.2) is 0 Å². The van der Waals surface area contributed by atoms with Crippen molar-refractivity contribution in [1.29, 1.82) is 0 Å². The Labute approximate surface area is 148 Å². The smallest absolute Gasteiger partial charge is 0.253 e. The SMILES string of the molecule is Cl.Cl.NCC(NC(=O)c1ccc2nccn2c1)C1CCCCC1. The summed E-state index contributed by atoms with van der Waals surface area (Å²) in [6.07, 6.45) is 11.5. The van der Waals surface area contributed by atoms with Crippen LogP contribution in [-0.2, 0) is 0 Å². The topological polar surface area (TPSA) is 72.4 Å². The lowest BCUT2D eigenvalue weighted by Crippen LogP contribution is -2.45. The highest BCUT2D eigenvalue weighted by molar-refractivity contribution is 5.94. The second-order valence-corrected chi connectivity index (χ2v) is 5.82. The first-order chi connectivity index (χ1) is 10.3. The summed E-state index contributed by atoms with van der Waals surface area (Å²) in [6, 6.07) is 3.75. The molecular formula is C16H24Cl2N4O. The fourth-order valence-electron chi connectivity index (χ4n) is 3.21. The van der Waals surface area contributed by atoms with Crippen molar-refractivity contribution in [1.82, 2.24) is 14.7 Å². The summed E-state index contributed by atoms with van der Waals surface area (Å²) in [5, 5.41) is 3.11. The zero-order valence-electron chi connectivity index (χ0n) is 13.0. The second kappa shape index (κ2) is 9.11. The van der Waals surface area contributed by atoms with E-state index in [1.807, 2.05) is 28.9 Å². The normalized spacial score (nSPS) is 16.2. The van der Waals surface area contributed by atoms with Gasteiger partial charge in [-0.2, -0.15) is 0 Å². The molecule has 0 bridgehead atoms. The first-order valence-electron chi connectivity index (χ1n) is 7.71. The number of nitrogens with two attached hydrogens (primary N) is 1. The molecule has 1 fully saturated rings. The van der Waals surface area contributed by atoms with Gasteiger partial charge < -0.3 is 15.5 Å². The minimum Gasteiger partial charge on any atom is -0.348 e. The minimum atomic E-state index is -0.0494.